The molecular formula is C15H20BrNO3. The molecule has 0 bridgehead atoms. The van der Waals surface area contributed by atoms with Crippen molar-refractivity contribution in [3.8, 4) is 0 Å². The molecule has 0 aliphatic carbocycles. The van der Waals surface area contributed by atoms with Gasteiger partial charge in [-0.05, 0) is 44.9 Å². The second kappa shape index (κ2) is 6.99. The average Bonchev–Trinajstić information content (AvgIpc) is 2.35. The molecule has 1 atom stereocenters. The van der Waals surface area contributed by atoms with Crippen molar-refractivity contribution >= 4 is 27.7 Å². The zero-order chi connectivity index (χ0) is 15.3. The molecule has 0 fully saturated rings. The summed E-state index contributed by atoms with van der Waals surface area (Å²) in [4.78, 5) is 23.9. The standard InChI is InChI=1S/C15H20BrNO3/c1-4-20-14(19)13(18)12(9-15(2,3)17)10-5-7-11(16)8-6-10/h5-8,12H,4,9,17H2,1-3H3. The topological polar surface area (TPSA) is 69.4 Å². The maximum absolute atomic E-state index is 12.3. The smallest absolute Gasteiger partial charge is 0.375 e. The predicted octanol–water partition coefficient (Wildman–Crippen LogP) is 2.79. The second-order valence-electron chi connectivity index (χ2n) is 5.38. The van der Waals surface area contributed by atoms with Gasteiger partial charge in [0.2, 0.25) is 5.78 Å². The molecule has 110 valence electrons. The van der Waals surface area contributed by atoms with Crippen molar-refractivity contribution < 1.29 is 14.3 Å². The van der Waals surface area contributed by atoms with Crippen LogP contribution in [0.1, 0.15) is 38.7 Å². The summed E-state index contributed by atoms with van der Waals surface area (Å²) in [5.74, 6) is -1.93. The van der Waals surface area contributed by atoms with E-state index in [2.05, 4.69) is 15.9 Å². The Morgan fingerprint density at radius 3 is 2.30 bits per heavy atom. The first-order chi connectivity index (χ1) is 9.24. The first-order valence-electron chi connectivity index (χ1n) is 6.50. The van der Waals surface area contributed by atoms with E-state index in [9.17, 15) is 9.59 Å². The zero-order valence-electron chi connectivity index (χ0n) is 12.0. The second-order valence-corrected chi connectivity index (χ2v) is 6.30. The number of hydrogen-bond donors (Lipinski definition) is 1. The van der Waals surface area contributed by atoms with E-state index >= 15 is 0 Å². The van der Waals surface area contributed by atoms with Gasteiger partial charge in [0.15, 0.2) is 0 Å². The number of ketones is 1. The summed E-state index contributed by atoms with van der Waals surface area (Å²) in [5.41, 5.74) is 6.21. The molecule has 4 nitrogen and oxygen atoms in total. The van der Waals surface area contributed by atoms with Crippen LogP contribution in [0.5, 0.6) is 0 Å². The van der Waals surface area contributed by atoms with Gasteiger partial charge in [0.25, 0.3) is 0 Å². The van der Waals surface area contributed by atoms with Crippen LogP contribution in [0.25, 0.3) is 0 Å². The summed E-state index contributed by atoms with van der Waals surface area (Å²) in [6.45, 7) is 5.52. The number of rotatable bonds is 6. The Morgan fingerprint density at radius 1 is 1.30 bits per heavy atom. The maximum Gasteiger partial charge on any atom is 0.375 e. The van der Waals surface area contributed by atoms with Gasteiger partial charge >= 0.3 is 5.97 Å². The van der Waals surface area contributed by atoms with Crippen LogP contribution in [0.15, 0.2) is 28.7 Å². The molecule has 1 aromatic carbocycles. The SMILES string of the molecule is CCOC(=O)C(=O)C(CC(C)(C)N)c1ccc(Br)cc1. The van der Waals surface area contributed by atoms with Crippen molar-refractivity contribution in [3.63, 3.8) is 0 Å². The van der Waals surface area contributed by atoms with Gasteiger partial charge in [-0.25, -0.2) is 4.79 Å². The van der Waals surface area contributed by atoms with E-state index in [1.165, 1.54) is 0 Å². The van der Waals surface area contributed by atoms with Crippen LogP contribution < -0.4 is 5.73 Å². The van der Waals surface area contributed by atoms with Crippen molar-refractivity contribution in [2.45, 2.75) is 38.6 Å². The fourth-order valence-electron chi connectivity index (χ4n) is 1.93. The molecule has 20 heavy (non-hydrogen) atoms. The Bertz CT molecular complexity index is 477. The maximum atomic E-state index is 12.3. The number of hydrogen-bond acceptors (Lipinski definition) is 4. The lowest BCUT2D eigenvalue weighted by atomic mass is 9.83. The Morgan fingerprint density at radius 2 is 1.85 bits per heavy atom. The number of carbonyl (C=O) groups is 2. The molecule has 0 radical (unpaired) electrons. The molecule has 5 heteroatoms. The lowest BCUT2D eigenvalue weighted by molar-refractivity contribution is -0.154. The highest BCUT2D eigenvalue weighted by atomic mass is 79.9. The van der Waals surface area contributed by atoms with Gasteiger partial charge < -0.3 is 10.5 Å². The fraction of sp³-hybridized carbons (Fsp3) is 0.467. The van der Waals surface area contributed by atoms with Gasteiger partial charge in [-0.3, -0.25) is 4.79 Å². The van der Waals surface area contributed by atoms with Crippen molar-refractivity contribution in [2.75, 3.05) is 6.61 Å². The van der Waals surface area contributed by atoms with Gasteiger partial charge in [-0.1, -0.05) is 28.1 Å². The van der Waals surface area contributed by atoms with Crippen LogP contribution in [0.3, 0.4) is 0 Å². The van der Waals surface area contributed by atoms with Gasteiger partial charge in [-0.2, -0.15) is 0 Å². The minimum absolute atomic E-state index is 0.184. The first kappa shape index (κ1) is 16.9. The molecule has 0 heterocycles. The molecule has 1 aromatic rings. The van der Waals surface area contributed by atoms with Gasteiger partial charge in [0.05, 0.1) is 12.5 Å². The summed E-state index contributed by atoms with van der Waals surface area (Å²) in [6, 6.07) is 7.31. The number of ether oxygens (including phenoxy) is 1. The molecule has 0 aliphatic heterocycles. The number of Topliss-reactive ketones (excluding diaryl/α,β-unsaturated/α-hetero) is 1. The third kappa shape index (κ3) is 5.06. The van der Waals surface area contributed by atoms with Crippen molar-refractivity contribution in [1.29, 1.82) is 0 Å². The van der Waals surface area contributed by atoms with Crippen LogP contribution in [0.2, 0.25) is 0 Å². The number of halogens is 1. The largest absolute Gasteiger partial charge is 0.460 e. The van der Waals surface area contributed by atoms with E-state index in [0.29, 0.717) is 6.42 Å². The summed E-state index contributed by atoms with van der Waals surface area (Å²) in [5, 5.41) is 0. The monoisotopic (exact) mass is 341 g/mol. The molecular weight excluding hydrogens is 322 g/mol. The van der Waals surface area contributed by atoms with E-state index < -0.39 is 23.2 Å². The van der Waals surface area contributed by atoms with E-state index in [0.717, 1.165) is 10.0 Å². The Labute approximate surface area is 127 Å². The normalized spacial score (nSPS) is 12.8. The molecule has 0 aliphatic rings. The zero-order valence-corrected chi connectivity index (χ0v) is 13.6. The fourth-order valence-corrected chi connectivity index (χ4v) is 2.19. The molecule has 0 aromatic heterocycles. The number of esters is 1. The predicted molar refractivity (Wildman–Crippen MR) is 81.4 cm³/mol. The highest BCUT2D eigenvalue weighted by molar-refractivity contribution is 9.10. The highest BCUT2D eigenvalue weighted by Crippen LogP contribution is 2.27. The van der Waals surface area contributed by atoms with Crippen LogP contribution in [0.4, 0.5) is 0 Å². The first-order valence-corrected chi connectivity index (χ1v) is 7.29. The Hall–Kier alpha value is -1.20. The van der Waals surface area contributed by atoms with Gasteiger partial charge in [0.1, 0.15) is 0 Å². The van der Waals surface area contributed by atoms with Gasteiger partial charge in [-0.15, -0.1) is 0 Å². The van der Waals surface area contributed by atoms with Crippen molar-refractivity contribution in [1.82, 2.24) is 0 Å². The lowest BCUT2D eigenvalue weighted by Crippen LogP contribution is -2.37. The van der Waals surface area contributed by atoms with Crippen LogP contribution in [-0.2, 0) is 14.3 Å². The van der Waals surface area contributed by atoms with Crippen LogP contribution in [-0.4, -0.2) is 23.9 Å². The molecule has 0 saturated carbocycles. The molecule has 1 rings (SSSR count). The van der Waals surface area contributed by atoms with Crippen molar-refractivity contribution in [2.24, 2.45) is 5.73 Å². The summed E-state index contributed by atoms with van der Waals surface area (Å²) < 4.78 is 5.72. The lowest BCUT2D eigenvalue weighted by Gasteiger charge is -2.24. The minimum atomic E-state index is -0.801. The number of benzene rings is 1. The van der Waals surface area contributed by atoms with Gasteiger partial charge in [0, 0.05) is 10.0 Å². The summed E-state index contributed by atoms with van der Waals surface area (Å²) in [6.07, 6.45) is 0.381. The molecule has 2 N–H and O–H groups in total. The third-order valence-electron chi connectivity index (χ3n) is 2.80. The number of nitrogens with two attached hydrogens (primary N) is 1. The minimum Gasteiger partial charge on any atom is -0.460 e. The van der Waals surface area contributed by atoms with E-state index in [-0.39, 0.29) is 6.61 Å². The molecule has 1 unspecified atom stereocenters. The highest BCUT2D eigenvalue weighted by Gasteiger charge is 2.31. The Kier molecular flexibility index (Phi) is 5.89. The molecule has 0 amide bonds. The van der Waals surface area contributed by atoms with Crippen LogP contribution in [0, 0.1) is 0 Å². The van der Waals surface area contributed by atoms with Crippen LogP contribution >= 0.6 is 15.9 Å². The van der Waals surface area contributed by atoms with E-state index in [1.807, 2.05) is 38.1 Å². The number of carbonyl (C=O) groups excluding carboxylic acids is 2. The summed E-state index contributed by atoms with van der Waals surface area (Å²) in [7, 11) is 0. The van der Waals surface area contributed by atoms with Crippen molar-refractivity contribution in [3.05, 3.63) is 34.3 Å². The molecule has 0 spiro atoms. The van der Waals surface area contributed by atoms with E-state index in [1.54, 1.807) is 6.92 Å². The molecule has 0 saturated heterocycles. The third-order valence-corrected chi connectivity index (χ3v) is 3.32. The van der Waals surface area contributed by atoms with E-state index in [4.69, 9.17) is 10.5 Å². The summed E-state index contributed by atoms with van der Waals surface area (Å²) >= 11 is 3.35. The average molecular weight is 342 g/mol. The Balaban J connectivity index is 3.05. The quantitative estimate of drug-likeness (QED) is 0.638.